The van der Waals surface area contributed by atoms with E-state index in [9.17, 15) is 0 Å². The summed E-state index contributed by atoms with van der Waals surface area (Å²) in [6.45, 7) is 0. The van der Waals surface area contributed by atoms with E-state index in [4.69, 9.17) is 23.2 Å². The van der Waals surface area contributed by atoms with Crippen LogP contribution in [0.4, 0.5) is 0 Å². The van der Waals surface area contributed by atoms with Crippen molar-refractivity contribution in [2.24, 2.45) is 0 Å². The molecule has 0 aliphatic rings. The molecule has 0 unspecified atom stereocenters. The highest BCUT2D eigenvalue weighted by Crippen LogP contribution is 2.39. The molecular weight excluding hydrogens is 251 g/mol. The summed E-state index contributed by atoms with van der Waals surface area (Å²) in [5, 5.41) is 0. The van der Waals surface area contributed by atoms with E-state index in [0.717, 1.165) is 11.1 Å². The maximum Gasteiger partial charge on any atom is 0.0955 e. The number of benzene rings is 2. The highest BCUT2D eigenvalue weighted by Gasteiger charge is 2.30. The lowest BCUT2D eigenvalue weighted by Gasteiger charge is -2.27. The zero-order valence-corrected chi connectivity index (χ0v) is 11.0. The molecule has 0 amide bonds. The third-order valence-electron chi connectivity index (χ3n) is 2.90. The zero-order valence-electron chi connectivity index (χ0n) is 9.44. The van der Waals surface area contributed by atoms with Gasteiger partial charge < -0.3 is 0 Å². The van der Waals surface area contributed by atoms with E-state index in [-0.39, 0.29) is 0 Å². The molecule has 0 N–H and O–H groups in total. The molecule has 0 spiro atoms. The molecular formula is C15H14Cl2. The molecule has 0 atom stereocenters. The highest BCUT2D eigenvalue weighted by atomic mass is 35.5. The van der Waals surface area contributed by atoms with Gasteiger partial charge in [0.05, 0.1) is 4.87 Å². The number of hydrogen-bond donors (Lipinski definition) is 0. The summed E-state index contributed by atoms with van der Waals surface area (Å²) in [5.41, 5.74) is 2.18. The summed E-state index contributed by atoms with van der Waals surface area (Å²) in [6.07, 6.45) is 0.712. The minimum Gasteiger partial charge on any atom is -0.127 e. The van der Waals surface area contributed by atoms with Gasteiger partial charge in [-0.3, -0.25) is 0 Å². The van der Waals surface area contributed by atoms with E-state index in [0.29, 0.717) is 12.3 Å². The minimum absolute atomic E-state index is 0.524. The van der Waals surface area contributed by atoms with E-state index in [1.54, 1.807) is 0 Å². The first-order valence-corrected chi connectivity index (χ1v) is 6.54. The lowest BCUT2D eigenvalue weighted by Crippen LogP contribution is -2.21. The Balaban J connectivity index is 2.47. The lowest BCUT2D eigenvalue weighted by molar-refractivity contribution is 0.700. The van der Waals surface area contributed by atoms with Crippen molar-refractivity contribution in [3.8, 4) is 0 Å². The molecule has 88 valence electrons. The average molecular weight is 265 g/mol. The van der Waals surface area contributed by atoms with Gasteiger partial charge in [-0.15, -0.1) is 23.2 Å². The summed E-state index contributed by atoms with van der Waals surface area (Å²) in [7, 11) is 0. The first kappa shape index (κ1) is 12.5. The molecule has 2 aromatic carbocycles. The summed E-state index contributed by atoms with van der Waals surface area (Å²) < 4.78 is 0. The van der Waals surface area contributed by atoms with Crippen LogP contribution >= 0.6 is 23.2 Å². The van der Waals surface area contributed by atoms with Crippen LogP contribution in [0, 0.1) is 0 Å². The van der Waals surface area contributed by atoms with Crippen molar-refractivity contribution in [2.75, 3.05) is 5.88 Å². The van der Waals surface area contributed by atoms with Gasteiger partial charge in [0.25, 0.3) is 0 Å². The van der Waals surface area contributed by atoms with Crippen molar-refractivity contribution in [3.63, 3.8) is 0 Å². The maximum atomic E-state index is 6.81. The first-order chi connectivity index (χ1) is 8.27. The van der Waals surface area contributed by atoms with Crippen LogP contribution in [-0.4, -0.2) is 5.88 Å². The normalized spacial score (nSPS) is 11.4. The van der Waals surface area contributed by atoms with Crippen molar-refractivity contribution in [3.05, 3.63) is 71.8 Å². The second kappa shape index (κ2) is 5.57. The van der Waals surface area contributed by atoms with Crippen LogP contribution in [0.2, 0.25) is 0 Å². The molecule has 0 fully saturated rings. The average Bonchev–Trinajstić information content (AvgIpc) is 2.41. The fourth-order valence-electron chi connectivity index (χ4n) is 1.99. The molecule has 2 aromatic rings. The smallest absolute Gasteiger partial charge is 0.0955 e. The van der Waals surface area contributed by atoms with E-state index < -0.39 is 4.87 Å². The van der Waals surface area contributed by atoms with Crippen LogP contribution < -0.4 is 0 Å². The number of hydrogen-bond acceptors (Lipinski definition) is 0. The summed E-state index contributed by atoms with van der Waals surface area (Å²) in [5.74, 6) is 0.535. The SMILES string of the molecule is ClCCC(Cl)(c1ccccc1)c1ccccc1. The fourth-order valence-corrected chi connectivity index (χ4v) is 2.72. The Bertz CT molecular complexity index is 411. The molecule has 0 aromatic heterocycles. The Morgan fingerprint density at radius 3 is 1.53 bits per heavy atom. The third kappa shape index (κ3) is 2.65. The van der Waals surface area contributed by atoms with Crippen molar-refractivity contribution in [1.29, 1.82) is 0 Å². The van der Waals surface area contributed by atoms with Gasteiger partial charge in [-0.1, -0.05) is 60.7 Å². The molecule has 2 rings (SSSR count). The number of rotatable bonds is 4. The van der Waals surface area contributed by atoms with Crippen molar-refractivity contribution in [1.82, 2.24) is 0 Å². The van der Waals surface area contributed by atoms with Crippen LogP contribution in [-0.2, 0) is 4.87 Å². The van der Waals surface area contributed by atoms with Crippen molar-refractivity contribution < 1.29 is 0 Å². The summed E-state index contributed by atoms with van der Waals surface area (Å²) in [4.78, 5) is -0.524. The van der Waals surface area contributed by atoms with Gasteiger partial charge in [0, 0.05) is 5.88 Å². The molecule has 0 aliphatic carbocycles. The largest absolute Gasteiger partial charge is 0.127 e. The van der Waals surface area contributed by atoms with E-state index >= 15 is 0 Å². The van der Waals surface area contributed by atoms with Crippen molar-refractivity contribution >= 4 is 23.2 Å². The van der Waals surface area contributed by atoms with Gasteiger partial charge in [0.2, 0.25) is 0 Å². The summed E-state index contributed by atoms with van der Waals surface area (Å²) in [6, 6.07) is 20.2. The van der Waals surface area contributed by atoms with Gasteiger partial charge >= 0.3 is 0 Å². The van der Waals surface area contributed by atoms with Gasteiger partial charge in [-0.2, -0.15) is 0 Å². The number of alkyl halides is 2. The van der Waals surface area contributed by atoms with Gasteiger partial charge in [-0.25, -0.2) is 0 Å². The molecule has 2 heteroatoms. The third-order valence-corrected chi connectivity index (χ3v) is 3.72. The maximum absolute atomic E-state index is 6.81. The van der Waals surface area contributed by atoms with Crippen LogP contribution in [0.15, 0.2) is 60.7 Å². The van der Waals surface area contributed by atoms with Crippen molar-refractivity contribution in [2.45, 2.75) is 11.3 Å². The van der Waals surface area contributed by atoms with E-state index in [1.807, 2.05) is 60.7 Å². The van der Waals surface area contributed by atoms with Gasteiger partial charge in [0.15, 0.2) is 0 Å². The van der Waals surface area contributed by atoms with E-state index in [2.05, 4.69) is 0 Å². The topological polar surface area (TPSA) is 0 Å². The Hall–Kier alpha value is -0.980. The number of halogens is 2. The second-order valence-electron chi connectivity index (χ2n) is 3.97. The summed E-state index contributed by atoms with van der Waals surface area (Å²) >= 11 is 12.7. The van der Waals surface area contributed by atoms with Crippen LogP contribution in [0.1, 0.15) is 17.5 Å². The highest BCUT2D eigenvalue weighted by molar-refractivity contribution is 6.27. The Morgan fingerprint density at radius 2 is 1.18 bits per heavy atom. The van der Waals surface area contributed by atoms with E-state index in [1.165, 1.54) is 0 Å². The molecule has 0 bridgehead atoms. The monoisotopic (exact) mass is 264 g/mol. The molecule has 0 saturated heterocycles. The molecule has 0 aliphatic heterocycles. The molecule has 0 radical (unpaired) electrons. The Morgan fingerprint density at radius 1 is 0.765 bits per heavy atom. The van der Waals surface area contributed by atoms with Gasteiger partial charge in [-0.05, 0) is 17.5 Å². The predicted molar refractivity (Wildman–Crippen MR) is 74.9 cm³/mol. The predicted octanol–water partition coefficient (Wildman–Crippen LogP) is 4.80. The molecule has 0 saturated carbocycles. The molecule has 17 heavy (non-hydrogen) atoms. The Labute approximate surface area is 112 Å². The Kier molecular flexibility index (Phi) is 4.09. The lowest BCUT2D eigenvalue weighted by atomic mass is 9.88. The second-order valence-corrected chi connectivity index (χ2v) is 5.00. The molecule has 0 heterocycles. The quantitative estimate of drug-likeness (QED) is 0.697. The van der Waals surface area contributed by atoms with Crippen LogP contribution in [0.25, 0.3) is 0 Å². The fraction of sp³-hybridized carbons (Fsp3) is 0.200. The zero-order chi connectivity index (χ0) is 12.1. The van der Waals surface area contributed by atoms with Gasteiger partial charge in [0.1, 0.15) is 0 Å². The van der Waals surface area contributed by atoms with Crippen LogP contribution in [0.3, 0.4) is 0 Å². The minimum atomic E-state index is -0.524. The molecule has 0 nitrogen and oxygen atoms in total. The van der Waals surface area contributed by atoms with Crippen LogP contribution in [0.5, 0.6) is 0 Å². The first-order valence-electron chi connectivity index (χ1n) is 5.63. The standard InChI is InChI=1S/C15H14Cl2/c16-12-11-15(17,13-7-3-1-4-8-13)14-9-5-2-6-10-14/h1-10H,11-12H2.